The lowest BCUT2D eigenvalue weighted by molar-refractivity contribution is -0.142. The number of aryl methyl sites for hydroxylation is 2. The summed E-state index contributed by atoms with van der Waals surface area (Å²) < 4.78 is 1.87. The van der Waals surface area contributed by atoms with Crippen molar-refractivity contribution in [3.05, 3.63) is 47.3 Å². The lowest BCUT2D eigenvalue weighted by Gasteiger charge is -2.24. The van der Waals surface area contributed by atoms with E-state index in [1.807, 2.05) is 31.0 Å². The molecule has 0 aliphatic carbocycles. The maximum absolute atomic E-state index is 11.7. The molecule has 0 amide bonds. The van der Waals surface area contributed by atoms with E-state index in [9.17, 15) is 9.90 Å². The van der Waals surface area contributed by atoms with Gasteiger partial charge in [0.1, 0.15) is 6.04 Å². The van der Waals surface area contributed by atoms with Crippen LogP contribution in [0.4, 0.5) is 0 Å². The quantitative estimate of drug-likeness (QED) is 0.901. The van der Waals surface area contributed by atoms with Crippen molar-refractivity contribution in [1.29, 1.82) is 0 Å². The normalized spacial score (nSPS) is 21.2. The molecule has 0 spiro atoms. The Morgan fingerprint density at radius 1 is 1.36 bits per heavy atom. The van der Waals surface area contributed by atoms with Crippen LogP contribution in [0.5, 0.6) is 0 Å². The van der Waals surface area contributed by atoms with Gasteiger partial charge in [0.2, 0.25) is 0 Å². The van der Waals surface area contributed by atoms with Crippen LogP contribution in [0.1, 0.15) is 23.1 Å². The number of aliphatic carboxylic acids is 1. The van der Waals surface area contributed by atoms with Crippen molar-refractivity contribution in [2.24, 2.45) is 0 Å². The number of carboxylic acid groups (broad SMARTS) is 1. The first-order valence-corrected chi connectivity index (χ1v) is 8.60. The van der Waals surface area contributed by atoms with Crippen LogP contribution >= 0.6 is 0 Å². The van der Waals surface area contributed by atoms with Crippen molar-refractivity contribution >= 4 is 5.97 Å². The van der Waals surface area contributed by atoms with Gasteiger partial charge in [-0.2, -0.15) is 5.10 Å². The zero-order chi connectivity index (χ0) is 18.1. The van der Waals surface area contributed by atoms with Gasteiger partial charge < -0.3 is 10.0 Å². The highest BCUT2D eigenvalue weighted by Gasteiger charge is 2.38. The van der Waals surface area contributed by atoms with E-state index in [2.05, 4.69) is 40.9 Å². The lowest BCUT2D eigenvalue weighted by atomic mass is 10.0. The lowest BCUT2D eigenvalue weighted by Crippen LogP contribution is -2.36. The van der Waals surface area contributed by atoms with Gasteiger partial charge in [-0.3, -0.25) is 9.69 Å². The molecule has 3 rings (SSSR count). The Hall–Kier alpha value is -2.18. The maximum atomic E-state index is 11.7. The molecule has 6 nitrogen and oxygen atoms in total. The topological polar surface area (TPSA) is 61.6 Å². The fourth-order valence-electron chi connectivity index (χ4n) is 3.80. The number of hydrogen-bond acceptors (Lipinski definition) is 4. The number of likely N-dealkylation sites (tertiary alicyclic amines) is 1. The average molecular weight is 342 g/mol. The third-order valence-electron chi connectivity index (χ3n) is 5.03. The number of carbonyl (C=O) groups is 1. The second kappa shape index (κ2) is 6.98. The molecule has 134 valence electrons. The highest BCUT2D eigenvalue weighted by molar-refractivity contribution is 5.74. The molecule has 2 aromatic rings. The zero-order valence-corrected chi connectivity index (χ0v) is 15.3. The van der Waals surface area contributed by atoms with Gasteiger partial charge in [-0.15, -0.1) is 0 Å². The van der Waals surface area contributed by atoms with Crippen LogP contribution in [0.2, 0.25) is 0 Å². The molecule has 0 radical (unpaired) electrons. The first-order valence-electron chi connectivity index (χ1n) is 8.60. The van der Waals surface area contributed by atoms with Crippen LogP contribution < -0.4 is 0 Å². The van der Waals surface area contributed by atoms with Gasteiger partial charge in [0.25, 0.3) is 0 Å². The Bertz CT molecular complexity index is 755. The Morgan fingerprint density at radius 3 is 2.72 bits per heavy atom. The monoisotopic (exact) mass is 342 g/mol. The number of benzene rings is 1. The van der Waals surface area contributed by atoms with E-state index in [0.29, 0.717) is 13.0 Å². The maximum Gasteiger partial charge on any atom is 0.320 e. The highest BCUT2D eigenvalue weighted by atomic mass is 16.4. The van der Waals surface area contributed by atoms with Gasteiger partial charge >= 0.3 is 5.97 Å². The molecule has 1 aliphatic rings. The third-order valence-corrected chi connectivity index (χ3v) is 5.03. The zero-order valence-electron chi connectivity index (χ0n) is 15.3. The van der Waals surface area contributed by atoms with Crippen LogP contribution in [0, 0.1) is 13.8 Å². The predicted octanol–water partition coefficient (Wildman–Crippen LogP) is 2.08. The first kappa shape index (κ1) is 17.6. The minimum absolute atomic E-state index is 0.264. The van der Waals surface area contributed by atoms with Gasteiger partial charge in [0.15, 0.2) is 0 Å². The molecule has 25 heavy (non-hydrogen) atoms. The Labute approximate surface area is 148 Å². The van der Waals surface area contributed by atoms with Crippen molar-refractivity contribution in [3.63, 3.8) is 0 Å². The van der Waals surface area contributed by atoms with E-state index < -0.39 is 12.0 Å². The largest absolute Gasteiger partial charge is 0.480 e. The molecule has 6 heteroatoms. The van der Waals surface area contributed by atoms with Gasteiger partial charge in [0.05, 0.1) is 5.69 Å². The summed E-state index contributed by atoms with van der Waals surface area (Å²) in [5, 5.41) is 14.0. The molecule has 1 fully saturated rings. The molecular formula is C19H26N4O2. The Kier molecular flexibility index (Phi) is 4.92. The molecule has 1 aromatic carbocycles. The van der Waals surface area contributed by atoms with Crippen LogP contribution in [0.15, 0.2) is 30.6 Å². The summed E-state index contributed by atoms with van der Waals surface area (Å²) in [6.45, 7) is 5.52. The molecular weight excluding hydrogens is 316 g/mol. The van der Waals surface area contributed by atoms with Crippen molar-refractivity contribution in [2.45, 2.75) is 38.9 Å². The number of aromatic nitrogens is 2. The van der Waals surface area contributed by atoms with E-state index in [1.165, 1.54) is 5.56 Å². The first-order chi connectivity index (χ1) is 11.9. The van der Waals surface area contributed by atoms with Crippen LogP contribution in [0.3, 0.4) is 0 Å². The molecule has 1 saturated heterocycles. The van der Waals surface area contributed by atoms with Crippen LogP contribution in [0.25, 0.3) is 5.69 Å². The molecule has 0 saturated carbocycles. The second-order valence-corrected chi connectivity index (χ2v) is 7.18. The van der Waals surface area contributed by atoms with Crippen molar-refractivity contribution in [2.75, 3.05) is 20.6 Å². The number of carboxylic acids is 1. The number of hydrogen-bond donors (Lipinski definition) is 1. The third kappa shape index (κ3) is 3.60. The highest BCUT2D eigenvalue weighted by Crippen LogP contribution is 2.27. The van der Waals surface area contributed by atoms with Gasteiger partial charge in [-0.25, -0.2) is 4.68 Å². The van der Waals surface area contributed by atoms with Crippen LogP contribution in [-0.2, 0) is 11.3 Å². The van der Waals surface area contributed by atoms with E-state index in [0.717, 1.165) is 23.4 Å². The fraction of sp³-hybridized carbons (Fsp3) is 0.474. The molecule has 1 aromatic heterocycles. The fourth-order valence-corrected chi connectivity index (χ4v) is 3.80. The minimum atomic E-state index is -0.741. The minimum Gasteiger partial charge on any atom is -0.480 e. The van der Waals surface area contributed by atoms with E-state index in [4.69, 9.17) is 0 Å². The van der Waals surface area contributed by atoms with Crippen molar-refractivity contribution in [3.8, 4) is 5.69 Å². The summed E-state index contributed by atoms with van der Waals surface area (Å²) in [5.41, 5.74) is 4.49. The number of likely N-dealkylation sites (N-methyl/N-ethyl adjacent to an activating group) is 1. The smallest absolute Gasteiger partial charge is 0.320 e. The number of rotatable bonds is 5. The van der Waals surface area contributed by atoms with Crippen LogP contribution in [-0.4, -0.2) is 63.4 Å². The molecule has 0 unspecified atom stereocenters. The molecule has 2 atom stereocenters. The Morgan fingerprint density at radius 2 is 2.12 bits per heavy atom. The SMILES string of the molecule is Cc1cc(C)c(-n2cccn2)c(CN2C[C@H](N(C)C)C[C@H]2C(=O)O)c1. The van der Waals surface area contributed by atoms with Crippen molar-refractivity contribution < 1.29 is 9.90 Å². The van der Waals surface area contributed by atoms with E-state index in [-0.39, 0.29) is 6.04 Å². The summed E-state index contributed by atoms with van der Waals surface area (Å²) in [6, 6.07) is 6.01. The van der Waals surface area contributed by atoms with E-state index >= 15 is 0 Å². The Balaban J connectivity index is 1.95. The summed E-state index contributed by atoms with van der Waals surface area (Å²) in [4.78, 5) is 15.9. The molecule has 1 N–H and O–H groups in total. The molecule has 1 aliphatic heterocycles. The standard InChI is InChI=1S/C19H26N4O2/c1-13-8-14(2)18(23-7-5-6-20-23)15(9-13)11-22-12-16(21(3)4)10-17(22)19(24)25/h5-9,16-17H,10-12H2,1-4H3,(H,24,25)/t16-,17+/m1/s1. The number of nitrogens with zero attached hydrogens (tertiary/aromatic N) is 4. The average Bonchev–Trinajstić information content (AvgIpc) is 3.16. The predicted molar refractivity (Wildman–Crippen MR) is 97.0 cm³/mol. The van der Waals surface area contributed by atoms with Gasteiger partial charge in [-0.1, -0.05) is 17.7 Å². The van der Waals surface area contributed by atoms with Crippen molar-refractivity contribution in [1.82, 2.24) is 19.6 Å². The summed E-state index contributed by atoms with van der Waals surface area (Å²) >= 11 is 0. The molecule has 2 heterocycles. The van der Waals surface area contributed by atoms with Gasteiger partial charge in [-0.05, 0) is 51.6 Å². The summed E-state index contributed by atoms with van der Waals surface area (Å²) in [6.07, 6.45) is 4.35. The van der Waals surface area contributed by atoms with Gasteiger partial charge in [0, 0.05) is 31.5 Å². The van der Waals surface area contributed by atoms with E-state index in [1.54, 1.807) is 6.20 Å². The second-order valence-electron chi connectivity index (χ2n) is 7.18. The molecule has 0 bridgehead atoms. The summed E-state index contributed by atoms with van der Waals surface area (Å²) in [7, 11) is 4.03. The summed E-state index contributed by atoms with van der Waals surface area (Å²) in [5.74, 6) is -0.741.